The van der Waals surface area contributed by atoms with E-state index in [4.69, 9.17) is 16.3 Å². The predicted octanol–water partition coefficient (Wildman–Crippen LogP) is 4.01. The maximum atomic E-state index is 13.7. The molecule has 0 spiro atoms. The lowest BCUT2D eigenvalue weighted by Crippen LogP contribution is -2.52. The van der Waals surface area contributed by atoms with Crippen LogP contribution in [0.5, 0.6) is 0 Å². The van der Waals surface area contributed by atoms with E-state index in [0.717, 1.165) is 46.7 Å². The molecule has 2 fully saturated rings. The van der Waals surface area contributed by atoms with Gasteiger partial charge in [0, 0.05) is 40.0 Å². The molecular weight excluding hydrogens is 482 g/mol. The molecule has 2 aliphatic rings. The number of benzene rings is 2. The second-order valence-electron chi connectivity index (χ2n) is 9.97. The van der Waals surface area contributed by atoms with Crippen molar-refractivity contribution < 1.29 is 9.53 Å². The van der Waals surface area contributed by atoms with E-state index in [0.29, 0.717) is 12.4 Å². The third-order valence-electron chi connectivity index (χ3n) is 7.11. The molecule has 0 bridgehead atoms. The number of nitrogens with zero attached hydrogens (tertiary/aromatic N) is 2. The number of carbonyl (C=O) groups excluding carboxylic acids is 1. The molecule has 0 unspecified atom stereocenters. The summed E-state index contributed by atoms with van der Waals surface area (Å²) in [5, 5.41) is 7.11. The molecule has 1 amide bonds. The summed E-state index contributed by atoms with van der Waals surface area (Å²) in [5.41, 5.74) is 10.4. The van der Waals surface area contributed by atoms with Crippen molar-refractivity contribution in [1.82, 2.24) is 10.2 Å². The first-order valence-electron chi connectivity index (χ1n) is 12.9. The predicted molar refractivity (Wildman–Crippen MR) is 149 cm³/mol. The van der Waals surface area contributed by atoms with Gasteiger partial charge in [-0.3, -0.25) is 4.79 Å². The molecule has 37 heavy (non-hydrogen) atoms. The molecule has 8 heteroatoms. The minimum absolute atomic E-state index is 0.0241. The Hall–Kier alpha value is -3.20. The second kappa shape index (κ2) is 11.0. The maximum absolute atomic E-state index is 13.7. The molecule has 1 aliphatic carbocycles. The molecule has 0 radical (unpaired) electrons. The molecule has 1 aromatic heterocycles. The van der Waals surface area contributed by atoms with Gasteiger partial charge in [-0.25, -0.2) is 0 Å². The summed E-state index contributed by atoms with van der Waals surface area (Å²) in [7, 11) is 0. The van der Waals surface area contributed by atoms with Gasteiger partial charge in [0.15, 0.2) is 5.84 Å². The number of rotatable bonds is 8. The van der Waals surface area contributed by atoms with E-state index in [1.807, 2.05) is 31.2 Å². The lowest BCUT2D eigenvalue weighted by atomic mass is 9.98. The molecule has 1 aliphatic heterocycles. The minimum atomic E-state index is -0.448. The highest BCUT2D eigenvalue weighted by Crippen LogP contribution is 2.43. The highest BCUT2D eigenvalue weighted by atomic mass is 32.1. The smallest absolute Gasteiger partial charge is 0.253 e. The molecule has 2 heterocycles. The number of thiophene rings is 1. The third kappa shape index (κ3) is 5.56. The molecule has 5 N–H and O–H groups in total. The van der Waals surface area contributed by atoms with Crippen LogP contribution in [-0.4, -0.2) is 48.0 Å². The van der Waals surface area contributed by atoms with E-state index < -0.39 is 6.10 Å². The number of morpholine rings is 1. The number of hydrazone groups is 1. The summed E-state index contributed by atoms with van der Waals surface area (Å²) in [6, 6.07) is 20.8. The van der Waals surface area contributed by atoms with Gasteiger partial charge in [0.1, 0.15) is 6.10 Å². The highest BCUT2D eigenvalue weighted by Gasteiger charge is 2.41. The number of ether oxygens (including phenoxy) is 1. The van der Waals surface area contributed by atoms with E-state index in [-0.39, 0.29) is 24.1 Å². The van der Waals surface area contributed by atoms with Crippen LogP contribution in [0.4, 0.5) is 0 Å². The first-order valence-corrected chi connectivity index (χ1v) is 13.8. The van der Waals surface area contributed by atoms with E-state index in [1.54, 1.807) is 11.3 Å². The van der Waals surface area contributed by atoms with E-state index in [1.165, 1.54) is 11.1 Å². The Morgan fingerprint density at radius 1 is 1.16 bits per heavy atom. The molecule has 1 saturated heterocycles. The summed E-state index contributed by atoms with van der Waals surface area (Å²) in [4.78, 5) is 18.0. The number of hydrogen-bond donors (Lipinski definition) is 3. The highest BCUT2D eigenvalue weighted by molar-refractivity contribution is 7.15. The van der Waals surface area contributed by atoms with E-state index in [2.05, 4.69) is 58.6 Å². The minimum Gasteiger partial charge on any atom is -0.382 e. The topological polar surface area (TPSA) is 106 Å². The number of amides is 1. The zero-order chi connectivity index (χ0) is 25.9. The number of amidine groups is 1. The van der Waals surface area contributed by atoms with Gasteiger partial charge in [-0.2, -0.15) is 5.10 Å². The van der Waals surface area contributed by atoms with Crippen LogP contribution in [-0.2, 0) is 16.0 Å². The normalized spacial score (nSPS) is 21.0. The van der Waals surface area contributed by atoms with Gasteiger partial charge in [-0.05, 0) is 50.3 Å². The summed E-state index contributed by atoms with van der Waals surface area (Å²) in [6.45, 7) is 5.47. The van der Waals surface area contributed by atoms with Gasteiger partial charge in [-0.1, -0.05) is 54.6 Å². The average molecular weight is 518 g/mol. The lowest BCUT2D eigenvalue weighted by Gasteiger charge is -2.35. The first-order chi connectivity index (χ1) is 18.0. The summed E-state index contributed by atoms with van der Waals surface area (Å²) >= 11 is 1.72. The third-order valence-corrected chi connectivity index (χ3v) is 8.49. The molecule has 5 rings (SSSR count). The molecule has 3 aromatic rings. The molecule has 2 aromatic carbocycles. The number of hydrogen-bond acceptors (Lipinski definition) is 6. The average Bonchev–Trinajstić information content (AvgIpc) is 3.67. The second-order valence-corrected chi connectivity index (χ2v) is 11.1. The number of nitrogens with two attached hydrogens (primary N) is 2. The van der Waals surface area contributed by atoms with Crippen LogP contribution in [0.2, 0.25) is 0 Å². The molecule has 7 nitrogen and oxygen atoms in total. The van der Waals surface area contributed by atoms with Crippen molar-refractivity contribution in [2.45, 2.75) is 57.4 Å². The number of carbonyl (C=O) groups is 1. The Balaban J connectivity index is 1.53. The van der Waals surface area contributed by atoms with Crippen molar-refractivity contribution >= 4 is 23.1 Å². The van der Waals surface area contributed by atoms with Gasteiger partial charge in [-0.15, -0.1) is 11.3 Å². The van der Waals surface area contributed by atoms with Crippen LogP contribution in [0.25, 0.3) is 10.4 Å². The van der Waals surface area contributed by atoms with E-state index in [9.17, 15) is 4.79 Å². The molecule has 1 saturated carbocycles. The maximum Gasteiger partial charge on any atom is 0.253 e. The van der Waals surface area contributed by atoms with Crippen molar-refractivity contribution in [3.63, 3.8) is 0 Å². The summed E-state index contributed by atoms with van der Waals surface area (Å²) < 4.78 is 6.04. The summed E-state index contributed by atoms with van der Waals surface area (Å²) in [5.74, 6) is 5.94. The van der Waals surface area contributed by atoms with Crippen molar-refractivity contribution in [2.24, 2.45) is 16.7 Å². The first kappa shape index (κ1) is 25.4. The van der Waals surface area contributed by atoms with Crippen LogP contribution < -0.4 is 16.9 Å². The van der Waals surface area contributed by atoms with Crippen molar-refractivity contribution in [1.29, 1.82) is 0 Å². The van der Waals surface area contributed by atoms with Crippen LogP contribution in [0.3, 0.4) is 0 Å². The van der Waals surface area contributed by atoms with Crippen molar-refractivity contribution in [2.75, 3.05) is 13.1 Å². The quantitative estimate of drug-likeness (QED) is 0.181. The van der Waals surface area contributed by atoms with E-state index >= 15 is 0 Å². The lowest BCUT2D eigenvalue weighted by molar-refractivity contribution is -0.152. The SMILES string of the molecule is C[C@@H]1CNC[C@H](C(=O)N(C2CC2)[C@H](C)c2cc(Cc3ccccc3)c(-c3ccccc3/C(N)=N/N)s2)O1. The Morgan fingerprint density at radius 3 is 2.59 bits per heavy atom. The van der Waals surface area contributed by atoms with Gasteiger partial charge in [0.05, 0.1) is 12.1 Å². The fourth-order valence-electron chi connectivity index (χ4n) is 5.09. The Morgan fingerprint density at radius 2 is 1.89 bits per heavy atom. The van der Waals surface area contributed by atoms with Gasteiger partial charge in [0.25, 0.3) is 5.91 Å². The Bertz CT molecular complexity index is 1270. The van der Waals surface area contributed by atoms with Crippen LogP contribution in [0, 0.1) is 0 Å². The van der Waals surface area contributed by atoms with Crippen LogP contribution >= 0.6 is 11.3 Å². The van der Waals surface area contributed by atoms with Crippen molar-refractivity contribution in [3.8, 4) is 10.4 Å². The number of nitrogens with one attached hydrogen (secondary N) is 1. The fourth-order valence-corrected chi connectivity index (χ4v) is 6.36. The van der Waals surface area contributed by atoms with Gasteiger partial charge < -0.3 is 26.5 Å². The Kier molecular flexibility index (Phi) is 7.60. The fraction of sp³-hybridized carbons (Fsp3) is 0.379. The monoisotopic (exact) mass is 517 g/mol. The molecular formula is C29H35N5O2S. The molecule has 3 atom stereocenters. The standard InChI is InChI=1S/C29H35N5O2S/c1-18-16-32-17-25(36-18)29(35)34(22-12-13-22)19(2)26-15-21(14-20-8-4-3-5-9-20)27(37-26)23-10-6-7-11-24(23)28(30)33-31/h3-11,15,18-19,22,25,32H,12-14,16-17,31H2,1-2H3,(H2,30,33)/t18-,19-,25-/m1/s1. The zero-order valence-corrected chi connectivity index (χ0v) is 22.2. The van der Waals surface area contributed by atoms with Crippen LogP contribution in [0.1, 0.15) is 54.3 Å². The largest absolute Gasteiger partial charge is 0.382 e. The van der Waals surface area contributed by atoms with Gasteiger partial charge >= 0.3 is 0 Å². The summed E-state index contributed by atoms with van der Waals surface area (Å²) in [6.07, 6.45) is 2.42. The molecule has 194 valence electrons. The Labute approximate surface area is 222 Å². The van der Waals surface area contributed by atoms with Gasteiger partial charge in [0.2, 0.25) is 0 Å². The van der Waals surface area contributed by atoms with Crippen molar-refractivity contribution in [3.05, 3.63) is 82.2 Å². The van der Waals surface area contributed by atoms with Crippen LogP contribution in [0.15, 0.2) is 65.8 Å². The zero-order valence-electron chi connectivity index (χ0n) is 21.4.